The molecule has 0 aliphatic heterocycles. The lowest BCUT2D eigenvalue weighted by Crippen LogP contribution is -2.29. The third-order valence-electron chi connectivity index (χ3n) is 4.87. The van der Waals surface area contributed by atoms with E-state index in [1.165, 1.54) is 53.6 Å². The molecule has 0 N–H and O–H groups in total. The van der Waals surface area contributed by atoms with Gasteiger partial charge in [0.15, 0.2) is 0 Å². The smallest absolute Gasteiger partial charge is 0.339 e. The normalized spacial score (nSPS) is 10.8. The Hall–Kier alpha value is -3.30. The Kier molecular flexibility index (Phi) is 6.48. The maximum Gasteiger partial charge on any atom is 0.339 e. The molecular formula is C23H18FN3O3S2. The molecule has 0 radical (unpaired) electrons. The van der Waals surface area contributed by atoms with Gasteiger partial charge in [0.1, 0.15) is 22.0 Å². The first kappa shape index (κ1) is 21.9. The highest BCUT2D eigenvalue weighted by Crippen LogP contribution is 2.38. The molecule has 1 amide bonds. The zero-order valence-electron chi connectivity index (χ0n) is 17.2. The van der Waals surface area contributed by atoms with Crippen LogP contribution in [0.15, 0.2) is 65.3 Å². The number of ether oxygens (including phenoxy) is 1. The van der Waals surface area contributed by atoms with Crippen molar-refractivity contribution in [2.75, 3.05) is 24.8 Å². The zero-order chi connectivity index (χ0) is 22.7. The van der Waals surface area contributed by atoms with Crippen LogP contribution in [0.2, 0.25) is 0 Å². The van der Waals surface area contributed by atoms with E-state index in [9.17, 15) is 14.0 Å². The quantitative estimate of drug-likeness (QED) is 0.225. The van der Waals surface area contributed by atoms with Gasteiger partial charge in [-0.3, -0.25) is 4.79 Å². The number of halogens is 1. The van der Waals surface area contributed by atoms with Crippen molar-refractivity contribution >= 4 is 50.9 Å². The number of rotatable bonds is 6. The van der Waals surface area contributed by atoms with Crippen LogP contribution in [0.3, 0.4) is 0 Å². The predicted octanol–water partition coefficient (Wildman–Crippen LogP) is 5.04. The number of esters is 1. The summed E-state index contributed by atoms with van der Waals surface area (Å²) < 4.78 is 18.2. The standard InChI is InChI=1S/C23H18FN3O3S2/c1-27(18-6-4-3-5-16(18)23(29)30-2)19(28)12-32-22-20-17(11-31-21(20)25-13-26-22)14-7-9-15(24)10-8-14/h3-11,13H,12H2,1-2H3. The number of carbonyl (C=O) groups is 2. The summed E-state index contributed by atoms with van der Waals surface area (Å²) in [5.41, 5.74) is 2.53. The summed E-state index contributed by atoms with van der Waals surface area (Å²) in [6.45, 7) is 0. The molecule has 0 saturated heterocycles. The molecule has 0 unspecified atom stereocenters. The minimum atomic E-state index is -0.507. The highest BCUT2D eigenvalue weighted by atomic mass is 32.2. The van der Waals surface area contributed by atoms with Crippen LogP contribution in [0.5, 0.6) is 0 Å². The van der Waals surface area contributed by atoms with Crippen LogP contribution in [-0.2, 0) is 9.53 Å². The molecule has 0 fully saturated rings. The second kappa shape index (κ2) is 9.46. The molecule has 0 bridgehead atoms. The molecule has 162 valence electrons. The average Bonchev–Trinajstić information content (AvgIpc) is 3.27. The molecule has 0 aliphatic rings. The summed E-state index contributed by atoms with van der Waals surface area (Å²) in [5, 5.41) is 3.45. The number of para-hydroxylation sites is 1. The monoisotopic (exact) mass is 467 g/mol. The molecule has 32 heavy (non-hydrogen) atoms. The number of thioether (sulfide) groups is 1. The van der Waals surface area contributed by atoms with E-state index in [1.807, 2.05) is 5.38 Å². The van der Waals surface area contributed by atoms with E-state index in [0.29, 0.717) is 16.3 Å². The van der Waals surface area contributed by atoms with E-state index in [1.54, 1.807) is 43.4 Å². The minimum absolute atomic E-state index is 0.108. The summed E-state index contributed by atoms with van der Waals surface area (Å²) in [4.78, 5) is 35.9. The predicted molar refractivity (Wildman–Crippen MR) is 125 cm³/mol. The average molecular weight is 468 g/mol. The summed E-state index contributed by atoms with van der Waals surface area (Å²) in [5.74, 6) is -0.902. The summed E-state index contributed by atoms with van der Waals surface area (Å²) in [6.07, 6.45) is 1.47. The van der Waals surface area contributed by atoms with Gasteiger partial charge >= 0.3 is 5.97 Å². The number of anilines is 1. The van der Waals surface area contributed by atoms with Crippen molar-refractivity contribution in [2.45, 2.75) is 5.03 Å². The van der Waals surface area contributed by atoms with Gasteiger partial charge in [0.05, 0.1) is 29.5 Å². The van der Waals surface area contributed by atoms with E-state index in [0.717, 1.165) is 21.3 Å². The van der Waals surface area contributed by atoms with Gasteiger partial charge in [-0.25, -0.2) is 19.2 Å². The highest BCUT2D eigenvalue weighted by molar-refractivity contribution is 8.00. The molecule has 2 aromatic heterocycles. The fraction of sp³-hybridized carbons (Fsp3) is 0.130. The lowest BCUT2D eigenvalue weighted by molar-refractivity contribution is -0.115. The van der Waals surface area contributed by atoms with Gasteiger partial charge in [0.2, 0.25) is 5.91 Å². The largest absolute Gasteiger partial charge is 0.465 e. The molecular weight excluding hydrogens is 449 g/mol. The van der Waals surface area contributed by atoms with E-state index in [2.05, 4.69) is 9.97 Å². The van der Waals surface area contributed by atoms with Gasteiger partial charge in [-0.1, -0.05) is 36.0 Å². The van der Waals surface area contributed by atoms with Gasteiger partial charge in [-0.05, 0) is 29.8 Å². The van der Waals surface area contributed by atoms with Crippen LogP contribution < -0.4 is 4.90 Å². The van der Waals surface area contributed by atoms with Crippen molar-refractivity contribution in [3.63, 3.8) is 0 Å². The Bertz CT molecular complexity index is 1290. The van der Waals surface area contributed by atoms with Gasteiger partial charge in [0.25, 0.3) is 0 Å². The van der Waals surface area contributed by atoms with Crippen molar-refractivity contribution in [3.05, 3.63) is 71.6 Å². The summed E-state index contributed by atoms with van der Waals surface area (Å²) in [6, 6.07) is 13.0. The Labute approximate surface area is 192 Å². The number of carbonyl (C=O) groups excluding carboxylic acids is 2. The number of fused-ring (bicyclic) bond motifs is 1. The van der Waals surface area contributed by atoms with Crippen LogP contribution in [-0.4, -0.2) is 41.8 Å². The van der Waals surface area contributed by atoms with E-state index in [4.69, 9.17) is 4.74 Å². The summed E-state index contributed by atoms with van der Waals surface area (Å²) >= 11 is 2.76. The Morgan fingerprint density at radius 1 is 1.12 bits per heavy atom. The topological polar surface area (TPSA) is 72.4 Å². The van der Waals surface area contributed by atoms with Crippen molar-refractivity contribution in [3.8, 4) is 11.1 Å². The first-order valence-corrected chi connectivity index (χ1v) is 11.4. The van der Waals surface area contributed by atoms with Gasteiger partial charge in [-0.2, -0.15) is 0 Å². The van der Waals surface area contributed by atoms with E-state index in [-0.39, 0.29) is 17.5 Å². The number of hydrogen-bond donors (Lipinski definition) is 0. The van der Waals surface area contributed by atoms with Crippen LogP contribution >= 0.6 is 23.1 Å². The fourth-order valence-electron chi connectivity index (χ4n) is 3.21. The second-order valence-electron chi connectivity index (χ2n) is 6.77. The van der Waals surface area contributed by atoms with Gasteiger partial charge < -0.3 is 9.64 Å². The number of aromatic nitrogens is 2. The van der Waals surface area contributed by atoms with E-state index >= 15 is 0 Å². The lowest BCUT2D eigenvalue weighted by Gasteiger charge is -2.19. The SMILES string of the molecule is COC(=O)c1ccccc1N(C)C(=O)CSc1ncnc2scc(-c3ccc(F)cc3)c12. The van der Waals surface area contributed by atoms with Crippen molar-refractivity contribution in [2.24, 2.45) is 0 Å². The molecule has 0 atom stereocenters. The third kappa shape index (κ3) is 4.35. The molecule has 2 heterocycles. The molecule has 2 aromatic carbocycles. The molecule has 6 nitrogen and oxygen atoms in total. The number of thiophene rings is 1. The number of hydrogen-bond acceptors (Lipinski definition) is 7. The minimum Gasteiger partial charge on any atom is -0.465 e. The zero-order valence-corrected chi connectivity index (χ0v) is 18.9. The molecule has 9 heteroatoms. The van der Waals surface area contributed by atoms with Crippen LogP contribution in [0.1, 0.15) is 10.4 Å². The third-order valence-corrected chi connectivity index (χ3v) is 6.73. The van der Waals surface area contributed by atoms with Crippen LogP contribution in [0.25, 0.3) is 21.3 Å². The Morgan fingerprint density at radius 3 is 2.62 bits per heavy atom. The lowest BCUT2D eigenvalue weighted by atomic mass is 10.1. The molecule has 0 aliphatic carbocycles. The number of benzene rings is 2. The maximum absolute atomic E-state index is 13.4. The number of amides is 1. The molecule has 4 aromatic rings. The van der Waals surface area contributed by atoms with Gasteiger partial charge in [-0.15, -0.1) is 11.3 Å². The van der Waals surface area contributed by atoms with Crippen LogP contribution in [0.4, 0.5) is 10.1 Å². The Balaban J connectivity index is 1.59. The highest BCUT2D eigenvalue weighted by Gasteiger charge is 2.20. The first-order valence-electron chi connectivity index (χ1n) is 9.54. The van der Waals surface area contributed by atoms with E-state index < -0.39 is 5.97 Å². The number of nitrogens with zero attached hydrogens (tertiary/aromatic N) is 3. The molecule has 4 rings (SSSR count). The molecule has 0 saturated carbocycles. The molecule has 0 spiro atoms. The van der Waals surface area contributed by atoms with Crippen molar-refractivity contribution < 1.29 is 18.7 Å². The van der Waals surface area contributed by atoms with Crippen molar-refractivity contribution in [1.82, 2.24) is 9.97 Å². The van der Waals surface area contributed by atoms with Crippen molar-refractivity contribution in [1.29, 1.82) is 0 Å². The fourth-order valence-corrected chi connectivity index (χ4v) is 5.12. The summed E-state index contributed by atoms with van der Waals surface area (Å²) in [7, 11) is 2.92. The second-order valence-corrected chi connectivity index (χ2v) is 8.59. The van der Waals surface area contributed by atoms with Gasteiger partial charge in [0, 0.05) is 18.0 Å². The number of methoxy groups -OCH3 is 1. The first-order chi connectivity index (χ1) is 15.5. The van der Waals surface area contributed by atoms with Crippen LogP contribution in [0, 0.1) is 5.82 Å². The maximum atomic E-state index is 13.4. The Morgan fingerprint density at radius 2 is 1.88 bits per heavy atom.